The Hall–Kier alpha value is -1.08. The minimum Gasteiger partial charge on any atom is -0.326 e. The predicted molar refractivity (Wildman–Crippen MR) is 81.8 cm³/mol. The van der Waals surface area contributed by atoms with Crippen LogP contribution in [0.1, 0.15) is 63.1 Å². The standard InChI is InChI=1S/C17H27N/c1-13(2)15-10-9-14(3)16(12-15)8-6-7-11-17(4,5)18/h6,8-10,12-13H,7,11,18H2,1-5H3/b8-6+. The number of hydrogen-bond acceptors (Lipinski definition) is 1. The zero-order valence-electron chi connectivity index (χ0n) is 12.5. The van der Waals surface area contributed by atoms with Crippen LogP contribution in [0.5, 0.6) is 0 Å². The van der Waals surface area contributed by atoms with E-state index in [2.05, 4.69) is 65.0 Å². The molecule has 100 valence electrons. The summed E-state index contributed by atoms with van der Waals surface area (Å²) in [5, 5.41) is 0. The second-order valence-corrected chi connectivity index (χ2v) is 6.20. The molecule has 0 aliphatic rings. The van der Waals surface area contributed by atoms with Crippen LogP contribution in [0.3, 0.4) is 0 Å². The number of nitrogens with two attached hydrogens (primary N) is 1. The van der Waals surface area contributed by atoms with Crippen molar-refractivity contribution in [2.75, 3.05) is 0 Å². The highest BCUT2D eigenvalue weighted by molar-refractivity contribution is 5.55. The van der Waals surface area contributed by atoms with Crippen LogP contribution in [0.4, 0.5) is 0 Å². The van der Waals surface area contributed by atoms with Crippen LogP contribution in [-0.2, 0) is 0 Å². The molecule has 1 rings (SSSR count). The van der Waals surface area contributed by atoms with Crippen molar-refractivity contribution in [1.29, 1.82) is 0 Å². The fraction of sp³-hybridized carbons (Fsp3) is 0.529. The Kier molecular flexibility index (Phi) is 5.15. The van der Waals surface area contributed by atoms with Gasteiger partial charge in [0.1, 0.15) is 0 Å². The van der Waals surface area contributed by atoms with Gasteiger partial charge in [-0.2, -0.15) is 0 Å². The van der Waals surface area contributed by atoms with Gasteiger partial charge in [-0.1, -0.05) is 44.2 Å². The van der Waals surface area contributed by atoms with Gasteiger partial charge in [0.15, 0.2) is 0 Å². The minimum atomic E-state index is -0.0703. The summed E-state index contributed by atoms with van der Waals surface area (Å²) in [7, 11) is 0. The van der Waals surface area contributed by atoms with Crippen molar-refractivity contribution < 1.29 is 0 Å². The van der Waals surface area contributed by atoms with Gasteiger partial charge in [0.2, 0.25) is 0 Å². The van der Waals surface area contributed by atoms with Crippen molar-refractivity contribution in [3.05, 3.63) is 41.0 Å². The lowest BCUT2D eigenvalue weighted by molar-refractivity contribution is 0.482. The third-order valence-electron chi connectivity index (χ3n) is 3.22. The van der Waals surface area contributed by atoms with E-state index in [0.29, 0.717) is 5.92 Å². The highest BCUT2D eigenvalue weighted by Crippen LogP contribution is 2.20. The lowest BCUT2D eigenvalue weighted by Gasteiger charge is -2.16. The highest BCUT2D eigenvalue weighted by atomic mass is 14.7. The molecular formula is C17H27N. The minimum absolute atomic E-state index is 0.0703. The molecule has 0 spiro atoms. The van der Waals surface area contributed by atoms with E-state index >= 15 is 0 Å². The molecule has 2 N–H and O–H groups in total. The maximum Gasteiger partial charge on any atom is 0.01000 e. The zero-order valence-corrected chi connectivity index (χ0v) is 12.5. The van der Waals surface area contributed by atoms with Crippen LogP contribution < -0.4 is 5.73 Å². The average Bonchev–Trinajstić information content (AvgIpc) is 2.24. The summed E-state index contributed by atoms with van der Waals surface area (Å²) in [6, 6.07) is 6.73. The topological polar surface area (TPSA) is 26.0 Å². The molecule has 0 aliphatic carbocycles. The first-order chi connectivity index (χ1) is 8.29. The van der Waals surface area contributed by atoms with E-state index in [1.165, 1.54) is 16.7 Å². The lowest BCUT2D eigenvalue weighted by atomic mass is 9.96. The summed E-state index contributed by atoms with van der Waals surface area (Å²) < 4.78 is 0. The van der Waals surface area contributed by atoms with E-state index in [4.69, 9.17) is 5.73 Å². The predicted octanol–water partition coefficient (Wildman–Crippen LogP) is 4.65. The normalized spacial score (nSPS) is 12.6. The molecule has 0 radical (unpaired) electrons. The van der Waals surface area contributed by atoms with E-state index in [1.54, 1.807) is 0 Å². The molecule has 0 bridgehead atoms. The molecule has 0 amide bonds. The second-order valence-electron chi connectivity index (χ2n) is 6.20. The van der Waals surface area contributed by atoms with E-state index in [-0.39, 0.29) is 5.54 Å². The molecule has 1 aromatic carbocycles. The van der Waals surface area contributed by atoms with Crippen molar-refractivity contribution in [3.63, 3.8) is 0 Å². The quantitative estimate of drug-likeness (QED) is 0.803. The van der Waals surface area contributed by atoms with Gasteiger partial charge in [-0.15, -0.1) is 0 Å². The molecule has 0 saturated heterocycles. The van der Waals surface area contributed by atoms with Crippen molar-refractivity contribution in [2.45, 2.75) is 58.9 Å². The first-order valence-corrected chi connectivity index (χ1v) is 6.85. The highest BCUT2D eigenvalue weighted by Gasteiger charge is 2.08. The molecule has 0 unspecified atom stereocenters. The fourth-order valence-electron chi connectivity index (χ4n) is 1.86. The Labute approximate surface area is 112 Å². The molecule has 0 saturated carbocycles. The maximum atomic E-state index is 5.97. The largest absolute Gasteiger partial charge is 0.326 e. The van der Waals surface area contributed by atoms with Gasteiger partial charge in [0, 0.05) is 5.54 Å². The Morgan fingerprint density at radius 1 is 1.28 bits per heavy atom. The molecule has 1 heteroatoms. The van der Waals surface area contributed by atoms with Crippen LogP contribution in [0.15, 0.2) is 24.3 Å². The Morgan fingerprint density at radius 3 is 2.50 bits per heavy atom. The molecule has 1 aromatic rings. The van der Waals surface area contributed by atoms with Gasteiger partial charge in [0.25, 0.3) is 0 Å². The maximum absolute atomic E-state index is 5.97. The summed E-state index contributed by atoms with van der Waals surface area (Å²) in [4.78, 5) is 0. The van der Waals surface area contributed by atoms with E-state index in [1.807, 2.05) is 0 Å². The molecule has 0 heterocycles. The SMILES string of the molecule is Cc1ccc(C(C)C)cc1/C=C/CCC(C)(C)N. The first kappa shape index (κ1) is 15.0. The molecule has 1 nitrogen and oxygen atoms in total. The number of aryl methyl sites for hydroxylation is 1. The Morgan fingerprint density at radius 2 is 1.94 bits per heavy atom. The van der Waals surface area contributed by atoms with Crippen molar-refractivity contribution in [2.24, 2.45) is 5.73 Å². The monoisotopic (exact) mass is 245 g/mol. The van der Waals surface area contributed by atoms with Gasteiger partial charge in [-0.05, 0) is 56.2 Å². The molecule has 0 aromatic heterocycles. The molecule has 18 heavy (non-hydrogen) atoms. The Bertz CT molecular complexity index is 408. The summed E-state index contributed by atoms with van der Waals surface area (Å²) in [5.41, 5.74) is 9.97. The van der Waals surface area contributed by atoms with E-state index in [0.717, 1.165) is 12.8 Å². The molecule has 0 atom stereocenters. The van der Waals surface area contributed by atoms with E-state index < -0.39 is 0 Å². The van der Waals surface area contributed by atoms with Gasteiger partial charge >= 0.3 is 0 Å². The van der Waals surface area contributed by atoms with Crippen molar-refractivity contribution in [3.8, 4) is 0 Å². The van der Waals surface area contributed by atoms with Gasteiger partial charge in [-0.3, -0.25) is 0 Å². The second kappa shape index (κ2) is 6.19. The molecule has 0 aliphatic heterocycles. The smallest absolute Gasteiger partial charge is 0.01000 e. The molecule has 0 fully saturated rings. The van der Waals surface area contributed by atoms with Crippen LogP contribution in [0.2, 0.25) is 0 Å². The summed E-state index contributed by atoms with van der Waals surface area (Å²) in [6.45, 7) is 10.8. The average molecular weight is 245 g/mol. The lowest BCUT2D eigenvalue weighted by Crippen LogP contribution is -2.31. The summed E-state index contributed by atoms with van der Waals surface area (Å²) in [5.74, 6) is 0.584. The third kappa shape index (κ3) is 5.05. The number of rotatable bonds is 5. The van der Waals surface area contributed by atoms with Crippen LogP contribution in [0.25, 0.3) is 6.08 Å². The number of benzene rings is 1. The molecular weight excluding hydrogens is 218 g/mol. The van der Waals surface area contributed by atoms with Gasteiger partial charge in [-0.25, -0.2) is 0 Å². The fourth-order valence-corrected chi connectivity index (χ4v) is 1.86. The summed E-state index contributed by atoms with van der Waals surface area (Å²) >= 11 is 0. The number of hydrogen-bond donors (Lipinski definition) is 1. The van der Waals surface area contributed by atoms with Crippen LogP contribution in [-0.4, -0.2) is 5.54 Å². The van der Waals surface area contributed by atoms with Crippen molar-refractivity contribution >= 4 is 6.08 Å². The van der Waals surface area contributed by atoms with Gasteiger partial charge in [0.05, 0.1) is 0 Å². The zero-order chi connectivity index (χ0) is 13.8. The Balaban J connectivity index is 2.71. The number of allylic oxidation sites excluding steroid dienone is 1. The summed E-state index contributed by atoms with van der Waals surface area (Å²) in [6.07, 6.45) is 6.52. The third-order valence-corrected chi connectivity index (χ3v) is 3.22. The van der Waals surface area contributed by atoms with Crippen LogP contribution in [0, 0.1) is 6.92 Å². The van der Waals surface area contributed by atoms with Gasteiger partial charge < -0.3 is 5.73 Å². The van der Waals surface area contributed by atoms with Crippen molar-refractivity contribution in [1.82, 2.24) is 0 Å². The first-order valence-electron chi connectivity index (χ1n) is 6.85. The van der Waals surface area contributed by atoms with Crippen LogP contribution >= 0.6 is 0 Å². The van der Waals surface area contributed by atoms with E-state index in [9.17, 15) is 0 Å².